The molecule has 148 valence electrons. The molecule has 1 atom stereocenters. The molecule has 1 unspecified atom stereocenters. The molecule has 3 aromatic rings. The van der Waals surface area contributed by atoms with E-state index in [1.807, 2.05) is 43.3 Å². The lowest BCUT2D eigenvalue weighted by Crippen LogP contribution is -2.33. The second-order valence-electron chi connectivity index (χ2n) is 6.78. The van der Waals surface area contributed by atoms with Gasteiger partial charge >= 0.3 is 0 Å². The van der Waals surface area contributed by atoms with Crippen molar-refractivity contribution in [1.29, 1.82) is 0 Å². The molecule has 0 fully saturated rings. The first kappa shape index (κ1) is 20.0. The number of pyridine rings is 2. The van der Waals surface area contributed by atoms with Gasteiger partial charge in [0, 0.05) is 33.0 Å². The quantitative estimate of drug-likeness (QED) is 0.597. The first-order valence-corrected chi connectivity index (χ1v) is 9.24. The number of aromatic nitrogens is 2. The van der Waals surface area contributed by atoms with E-state index in [-0.39, 0.29) is 12.2 Å². The SMILES string of the molecule is CCC(COC)(OC)c1cncc(OCc2cc3ccccc3n(C)c2=O)c1. The van der Waals surface area contributed by atoms with Gasteiger partial charge in [-0.2, -0.15) is 0 Å². The minimum Gasteiger partial charge on any atom is -0.487 e. The number of ether oxygens (including phenoxy) is 3. The van der Waals surface area contributed by atoms with E-state index < -0.39 is 5.60 Å². The van der Waals surface area contributed by atoms with Crippen molar-refractivity contribution in [1.82, 2.24) is 9.55 Å². The molecule has 6 nitrogen and oxygen atoms in total. The topological polar surface area (TPSA) is 62.6 Å². The van der Waals surface area contributed by atoms with Crippen LogP contribution >= 0.6 is 0 Å². The van der Waals surface area contributed by atoms with E-state index in [1.54, 1.807) is 38.2 Å². The number of methoxy groups -OCH3 is 2. The maximum Gasteiger partial charge on any atom is 0.257 e. The van der Waals surface area contributed by atoms with Gasteiger partial charge in [0.25, 0.3) is 5.56 Å². The molecular weight excluding hydrogens is 356 g/mol. The molecule has 2 heterocycles. The number of aryl methyl sites for hydroxylation is 1. The average molecular weight is 382 g/mol. The molecule has 0 aliphatic carbocycles. The first-order chi connectivity index (χ1) is 13.5. The van der Waals surface area contributed by atoms with Crippen molar-refractivity contribution < 1.29 is 14.2 Å². The van der Waals surface area contributed by atoms with Crippen LogP contribution in [-0.4, -0.2) is 30.4 Å². The number of nitrogens with zero attached hydrogens (tertiary/aromatic N) is 2. The summed E-state index contributed by atoms with van der Waals surface area (Å²) >= 11 is 0. The van der Waals surface area contributed by atoms with Crippen LogP contribution in [0.4, 0.5) is 0 Å². The maximum atomic E-state index is 12.6. The van der Waals surface area contributed by atoms with E-state index in [0.29, 0.717) is 17.9 Å². The molecule has 0 spiro atoms. The highest BCUT2D eigenvalue weighted by Gasteiger charge is 2.31. The lowest BCUT2D eigenvalue weighted by atomic mass is 9.93. The molecule has 0 aliphatic heterocycles. The zero-order valence-corrected chi connectivity index (χ0v) is 16.8. The lowest BCUT2D eigenvalue weighted by molar-refractivity contribution is -0.0722. The highest BCUT2D eigenvalue weighted by atomic mass is 16.5. The fourth-order valence-corrected chi connectivity index (χ4v) is 3.44. The van der Waals surface area contributed by atoms with Crippen molar-refractivity contribution in [3.8, 4) is 5.75 Å². The van der Waals surface area contributed by atoms with Gasteiger partial charge in [-0.1, -0.05) is 25.1 Å². The van der Waals surface area contributed by atoms with Crippen LogP contribution in [0.5, 0.6) is 5.75 Å². The van der Waals surface area contributed by atoms with Crippen molar-refractivity contribution in [2.45, 2.75) is 25.6 Å². The molecule has 0 amide bonds. The molecule has 0 radical (unpaired) electrons. The second kappa shape index (κ2) is 8.54. The van der Waals surface area contributed by atoms with Gasteiger partial charge in [0.2, 0.25) is 0 Å². The Morgan fingerprint density at radius 2 is 1.93 bits per heavy atom. The normalized spacial score (nSPS) is 13.4. The summed E-state index contributed by atoms with van der Waals surface area (Å²) in [4.78, 5) is 16.9. The van der Waals surface area contributed by atoms with Crippen molar-refractivity contribution >= 4 is 10.9 Å². The van der Waals surface area contributed by atoms with E-state index >= 15 is 0 Å². The number of fused-ring (bicyclic) bond motifs is 1. The summed E-state index contributed by atoms with van der Waals surface area (Å²) in [6.07, 6.45) is 4.12. The van der Waals surface area contributed by atoms with Gasteiger partial charge in [0.05, 0.1) is 23.9 Å². The smallest absolute Gasteiger partial charge is 0.257 e. The van der Waals surface area contributed by atoms with E-state index in [0.717, 1.165) is 22.9 Å². The van der Waals surface area contributed by atoms with Crippen LogP contribution in [0.15, 0.2) is 53.6 Å². The maximum absolute atomic E-state index is 12.6. The van der Waals surface area contributed by atoms with Crippen molar-refractivity contribution in [2.75, 3.05) is 20.8 Å². The molecule has 3 rings (SSSR count). The predicted octanol–water partition coefficient (Wildman–Crippen LogP) is 3.41. The second-order valence-corrected chi connectivity index (χ2v) is 6.78. The Hall–Kier alpha value is -2.70. The Kier molecular flexibility index (Phi) is 6.11. The summed E-state index contributed by atoms with van der Waals surface area (Å²) in [6.45, 7) is 2.62. The highest BCUT2D eigenvalue weighted by Crippen LogP contribution is 2.31. The summed E-state index contributed by atoms with van der Waals surface area (Å²) in [5.41, 5.74) is 1.72. The predicted molar refractivity (Wildman–Crippen MR) is 109 cm³/mol. The largest absolute Gasteiger partial charge is 0.487 e. The van der Waals surface area contributed by atoms with Gasteiger partial charge < -0.3 is 18.8 Å². The van der Waals surface area contributed by atoms with E-state index in [9.17, 15) is 4.79 Å². The number of hydrogen-bond donors (Lipinski definition) is 0. The molecule has 6 heteroatoms. The van der Waals surface area contributed by atoms with Crippen LogP contribution in [0.25, 0.3) is 10.9 Å². The van der Waals surface area contributed by atoms with Crippen LogP contribution in [0.1, 0.15) is 24.5 Å². The molecule has 0 saturated carbocycles. The van der Waals surface area contributed by atoms with Gasteiger partial charge in [-0.3, -0.25) is 9.78 Å². The summed E-state index contributed by atoms with van der Waals surface area (Å²) < 4.78 is 18.6. The van der Waals surface area contributed by atoms with Crippen molar-refractivity contribution in [2.24, 2.45) is 7.05 Å². The number of hydrogen-bond acceptors (Lipinski definition) is 5. The molecule has 0 bridgehead atoms. The zero-order valence-electron chi connectivity index (χ0n) is 16.8. The molecule has 0 saturated heterocycles. The molecule has 0 N–H and O–H groups in total. The van der Waals surface area contributed by atoms with Gasteiger partial charge in [0.1, 0.15) is 18.0 Å². The Labute approximate surface area is 164 Å². The third kappa shape index (κ3) is 3.79. The Morgan fingerprint density at radius 3 is 2.64 bits per heavy atom. The zero-order chi connectivity index (χ0) is 20.1. The van der Waals surface area contributed by atoms with Crippen molar-refractivity contribution in [3.05, 3.63) is 70.3 Å². The van der Waals surface area contributed by atoms with Crippen LogP contribution in [0, 0.1) is 0 Å². The van der Waals surface area contributed by atoms with Gasteiger partial charge in [0.15, 0.2) is 0 Å². The lowest BCUT2D eigenvalue weighted by Gasteiger charge is -2.31. The van der Waals surface area contributed by atoms with Crippen molar-refractivity contribution in [3.63, 3.8) is 0 Å². The Bertz CT molecular complexity index is 1010. The highest BCUT2D eigenvalue weighted by molar-refractivity contribution is 5.79. The Morgan fingerprint density at radius 1 is 1.14 bits per heavy atom. The van der Waals surface area contributed by atoms with E-state index in [4.69, 9.17) is 14.2 Å². The third-order valence-corrected chi connectivity index (χ3v) is 5.18. The standard InChI is InChI=1S/C22H26N2O4/c1-5-22(27-4,15-26-3)18-11-19(13-23-12-18)28-14-17-10-16-8-6-7-9-20(16)24(2)21(17)25/h6-13H,5,14-15H2,1-4H3. The van der Waals surface area contributed by atoms with Crippen LogP contribution in [0.3, 0.4) is 0 Å². The summed E-state index contributed by atoms with van der Waals surface area (Å²) in [5.74, 6) is 0.582. The molecule has 2 aromatic heterocycles. The first-order valence-electron chi connectivity index (χ1n) is 9.24. The number of para-hydroxylation sites is 1. The summed E-state index contributed by atoms with van der Waals surface area (Å²) in [7, 11) is 5.08. The van der Waals surface area contributed by atoms with Crippen LogP contribution in [-0.2, 0) is 28.7 Å². The van der Waals surface area contributed by atoms with Gasteiger partial charge in [-0.05, 0) is 30.0 Å². The minimum atomic E-state index is -0.583. The fraction of sp³-hybridized carbons (Fsp3) is 0.364. The van der Waals surface area contributed by atoms with Gasteiger partial charge in [-0.25, -0.2) is 0 Å². The summed E-state index contributed by atoms with van der Waals surface area (Å²) in [6, 6.07) is 11.6. The minimum absolute atomic E-state index is 0.0676. The van der Waals surface area contributed by atoms with E-state index in [2.05, 4.69) is 4.98 Å². The fourth-order valence-electron chi connectivity index (χ4n) is 3.44. The molecule has 0 aliphatic rings. The number of rotatable bonds is 8. The Balaban J connectivity index is 1.87. The molecule has 28 heavy (non-hydrogen) atoms. The van der Waals surface area contributed by atoms with Crippen LogP contribution < -0.4 is 10.3 Å². The average Bonchev–Trinajstić information content (AvgIpc) is 2.74. The van der Waals surface area contributed by atoms with Crippen LogP contribution in [0.2, 0.25) is 0 Å². The molecule has 1 aromatic carbocycles. The number of benzene rings is 1. The van der Waals surface area contributed by atoms with E-state index in [1.165, 1.54) is 0 Å². The third-order valence-electron chi connectivity index (χ3n) is 5.18. The van der Waals surface area contributed by atoms with Gasteiger partial charge in [-0.15, -0.1) is 0 Å². The monoisotopic (exact) mass is 382 g/mol. The summed E-state index contributed by atoms with van der Waals surface area (Å²) in [5, 5.41) is 1.000. The molecular formula is C22H26N2O4.